The SMILES string of the molecule is Nc1nc(CSc2ccccc2)cc(=O)n1-c1ccc(C(F)(F)F)cc1. The minimum atomic E-state index is -4.44. The Balaban J connectivity index is 1.84. The van der Waals surface area contributed by atoms with Gasteiger partial charge in [0.15, 0.2) is 0 Å². The van der Waals surface area contributed by atoms with E-state index in [9.17, 15) is 18.0 Å². The first-order valence-electron chi connectivity index (χ1n) is 7.58. The number of hydrogen-bond donors (Lipinski definition) is 1. The molecule has 26 heavy (non-hydrogen) atoms. The molecule has 0 fully saturated rings. The molecule has 1 aromatic heterocycles. The van der Waals surface area contributed by atoms with Crippen molar-refractivity contribution < 1.29 is 13.2 Å². The van der Waals surface area contributed by atoms with Gasteiger partial charge in [-0.1, -0.05) is 18.2 Å². The molecule has 0 amide bonds. The zero-order valence-corrected chi connectivity index (χ0v) is 14.2. The highest BCUT2D eigenvalue weighted by atomic mass is 32.2. The zero-order valence-electron chi connectivity index (χ0n) is 13.4. The zero-order chi connectivity index (χ0) is 18.7. The first-order chi connectivity index (χ1) is 12.3. The van der Waals surface area contributed by atoms with Crippen molar-refractivity contribution in [1.29, 1.82) is 0 Å². The molecule has 0 aliphatic heterocycles. The number of rotatable bonds is 4. The van der Waals surface area contributed by atoms with Crippen molar-refractivity contribution >= 4 is 17.7 Å². The summed E-state index contributed by atoms with van der Waals surface area (Å²) in [6.07, 6.45) is -4.44. The molecule has 0 saturated carbocycles. The Kier molecular flexibility index (Phi) is 5.03. The number of benzene rings is 2. The molecule has 4 nitrogen and oxygen atoms in total. The second kappa shape index (κ2) is 7.25. The van der Waals surface area contributed by atoms with Crippen LogP contribution in [0.25, 0.3) is 5.69 Å². The fourth-order valence-corrected chi connectivity index (χ4v) is 3.17. The predicted molar refractivity (Wildman–Crippen MR) is 95.3 cm³/mol. The largest absolute Gasteiger partial charge is 0.416 e. The molecule has 2 aromatic carbocycles. The third-order valence-corrected chi connectivity index (χ3v) is 4.63. The highest BCUT2D eigenvalue weighted by Crippen LogP contribution is 2.29. The third-order valence-electron chi connectivity index (χ3n) is 3.58. The second-order valence-corrected chi connectivity index (χ2v) is 6.47. The van der Waals surface area contributed by atoms with E-state index >= 15 is 0 Å². The molecule has 8 heteroatoms. The van der Waals surface area contributed by atoms with Gasteiger partial charge in [0, 0.05) is 16.7 Å². The lowest BCUT2D eigenvalue weighted by Gasteiger charge is -2.12. The first-order valence-corrected chi connectivity index (χ1v) is 8.57. The fourth-order valence-electron chi connectivity index (χ4n) is 2.36. The summed E-state index contributed by atoms with van der Waals surface area (Å²) in [5.74, 6) is 0.387. The van der Waals surface area contributed by atoms with Crippen LogP contribution in [0.2, 0.25) is 0 Å². The summed E-state index contributed by atoms with van der Waals surface area (Å²) in [5, 5.41) is 0. The minimum absolute atomic E-state index is 0.0686. The quantitative estimate of drug-likeness (QED) is 0.695. The highest BCUT2D eigenvalue weighted by Gasteiger charge is 2.30. The Morgan fingerprint density at radius 2 is 1.69 bits per heavy atom. The molecule has 3 rings (SSSR count). The number of nitrogens with zero attached hydrogens (tertiary/aromatic N) is 2. The van der Waals surface area contributed by atoms with Crippen LogP contribution in [0.1, 0.15) is 11.3 Å². The van der Waals surface area contributed by atoms with Crippen LogP contribution in [0.3, 0.4) is 0 Å². The lowest BCUT2D eigenvalue weighted by molar-refractivity contribution is -0.137. The molecule has 0 spiro atoms. The van der Waals surface area contributed by atoms with Gasteiger partial charge in [0.2, 0.25) is 5.95 Å². The van der Waals surface area contributed by atoms with E-state index in [-0.39, 0.29) is 11.6 Å². The van der Waals surface area contributed by atoms with Gasteiger partial charge >= 0.3 is 6.18 Å². The average molecular weight is 377 g/mol. The van der Waals surface area contributed by atoms with Crippen LogP contribution in [0.15, 0.2) is 70.4 Å². The van der Waals surface area contributed by atoms with Crippen LogP contribution in [0.5, 0.6) is 0 Å². The van der Waals surface area contributed by atoms with Gasteiger partial charge in [0.1, 0.15) is 0 Å². The summed E-state index contributed by atoms with van der Waals surface area (Å²) in [5.41, 5.74) is 5.37. The monoisotopic (exact) mass is 377 g/mol. The molecule has 0 aliphatic rings. The molecule has 0 radical (unpaired) electrons. The van der Waals surface area contributed by atoms with E-state index < -0.39 is 17.3 Å². The lowest BCUT2D eigenvalue weighted by Crippen LogP contribution is -2.23. The molecule has 2 N–H and O–H groups in total. The van der Waals surface area contributed by atoms with E-state index in [1.807, 2.05) is 30.3 Å². The predicted octanol–water partition coefficient (Wildman–Crippen LogP) is 4.13. The van der Waals surface area contributed by atoms with Gasteiger partial charge < -0.3 is 5.73 Å². The van der Waals surface area contributed by atoms with E-state index in [4.69, 9.17) is 5.73 Å². The van der Waals surface area contributed by atoms with Crippen molar-refractivity contribution in [2.24, 2.45) is 0 Å². The summed E-state index contributed by atoms with van der Waals surface area (Å²) in [4.78, 5) is 17.6. The summed E-state index contributed by atoms with van der Waals surface area (Å²) in [6, 6.07) is 15.1. The Morgan fingerprint density at radius 3 is 2.27 bits per heavy atom. The van der Waals surface area contributed by atoms with Gasteiger partial charge in [-0.25, -0.2) is 9.55 Å². The van der Waals surface area contributed by atoms with Crippen LogP contribution in [-0.4, -0.2) is 9.55 Å². The van der Waals surface area contributed by atoms with Crippen LogP contribution < -0.4 is 11.3 Å². The maximum absolute atomic E-state index is 12.7. The van der Waals surface area contributed by atoms with Crippen molar-refractivity contribution in [3.63, 3.8) is 0 Å². The van der Waals surface area contributed by atoms with E-state index in [2.05, 4.69) is 4.98 Å². The van der Waals surface area contributed by atoms with E-state index in [0.717, 1.165) is 21.6 Å². The molecule has 3 aromatic rings. The van der Waals surface area contributed by atoms with Crippen LogP contribution in [0, 0.1) is 0 Å². The van der Waals surface area contributed by atoms with Crippen molar-refractivity contribution in [2.75, 3.05) is 5.73 Å². The van der Waals surface area contributed by atoms with Gasteiger partial charge in [-0.3, -0.25) is 4.79 Å². The normalized spacial score (nSPS) is 11.5. The van der Waals surface area contributed by atoms with Crippen molar-refractivity contribution in [3.05, 3.63) is 82.3 Å². The van der Waals surface area contributed by atoms with Crippen LogP contribution in [0.4, 0.5) is 19.1 Å². The molecular formula is C18H14F3N3OS. The summed E-state index contributed by atoms with van der Waals surface area (Å²) >= 11 is 1.51. The van der Waals surface area contributed by atoms with E-state index in [1.165, 1.54) is 30.0 Å². The standard InChI is InChI=1S/C18H14F3N3OS/c19-18(20,21)12-6-8-14(9-7-12)24-16(25)10-13(23-17(24)22)11-26-15-4-2-1-3-5-15/h1-10H,11H2,(H2,22,23). The molecule has 0 saturated heterocycles. The topological polar surface area (TPSA) is 60.9 Å². The van der Waals surface area contributed by atoms with Crippen LogP contribution >= 0.6 is 11.8 Å². The number of nitrogen functional groups attached to an aromatic ring is 1. The third kappa shape index (κ3) is 4.08. The van der Waals surface area contributed by atoms with Gasteiger partial charge in [-0.15, -0.1) is 11.8 Å². The molecule has 0 bridgehead atoms. The van der Waals surface area contributed by atoms with Gasteiger partial charge in [0.05, 0.1) is 16.9 Å². The molecule has 0 atom stereocenters. The first kappa shape index (κ1) is 18.1. The fraction of sp³-hybridized carbons (Fsp3) is 0.111. The molecule has 0 unspecified atom stereocenters. The number of hydrogen-bond acceptors (Lipinski definition) is 4. The number of anilines is 1. The van der Waals surface area contributed by atoms with Gasteiger partial charge in [0.25, 0.3) is 5.56 Å². The Hall–Kier alpha value is -2.74. The summed E-state index contributed by atoms with van der Waals surface area (Å²) in [6.45, 7) is 0. The maximum atomic E-state index is 12.7. The van der Waals surface area contributed by atoms with Crippen LogP contribution in [-0.2, 0) is 11.9 Å². The van der Waals surface area contributed by atoms with E-state index in [0.29, 0.717) is 11.4 Å². The van der Waals surface area contributed by atoms with Crippen molar-refractivity contribution in [3.8, 4) is 5.69 Å². The smallest absolute Gasteiger partial charge is 0.369 e. The van der Waals surface area contributed by atoms with Crippen molar-refractivity contribution in [1.82, 2.24) is 9.55 Å². The Bertz CT molecular complexity index is 954. The molecule has 134 valence electrons. The molecular weight excluding hydrogens is 363 g/mol. The number of thioether (sulfide) groups is 1. The van der Waals surface area contributed by atoms with Gasteiger partial charge in [-0.05, 0) is 36.4 Å². The molecule has 0 aliphatic carbocycles. The van der Waals surface area contributed by atoms with Crippen molar-refractivity contribution in [2.45, 2.75) is 16.8 Å². The number of aromatic nitrogens is 2. The number of halogens is 3. The summed E-state index contributed by atoms with van der Waals surface area (Å²) in [7, 11) is 0. The Morgan fingerprint density at radius 1 is 1.04 bits per heavy atom. The number of nitrogens with two attached hydrogens (primary N) is 1. The Labute approximate surface area is 151 Å². The molecule has 1 heterocycles. The van der Waals surface area contributed by atoms with E-state index in [1.54, 1.807) is 0 Å². The lowest BCUT2D eigenvalue weighted by atomic mass is 10.2. The minimum Gasteiger partial charge on any atom is -0.369 e. The number of alkyl halides is 3. The maximum Gasteiger partial charge on any atom is 0.416 e. The average Bonchev–Trinajstić information content (AvgIpc) is 2.60. The highest BCUT2D eigenvalue weighted by molar-refractivity contribution is 7.98. The second-order valence-electron chi connectivity index (χ2n) is 5.43. The van der Waals surface area contributed by atoms with Gasteiger partial charge in [-0.2, -0.15) is 13.2 Å². The summed E-state index contributed by atoms with van der Waals surface area (Å²) < 4.78 is 39.0.